The molecule has 0 aliphatic heterocycles. The first-order chi connectivity index (χ1) is 9.15. The highest BCUT2D eigenvalue weighted by Gasteiger charge is 2.06. The molecular formula is C15H13N3O. The minimum absolute atomic E-state index is 0.0207. The Balaban J connectivity index is 2.08. The Morgan fingerprint density at radius 1 is 1.16 bits per heavy atom. The number of rotatable bonds is 2. The molecule has 3 rings (SSSR count). The molecule has 0 bridgehead atoms. The van der Waals surface area contributed by atoms with Gasteiger partial charge in [0.1, 0.15) is 5.69 Å². The number of fused-ring (bicyclic) bond motifs is 1. The van der Waals surface area contributed by atoms with Crippen LogP contribution in [0.15, 0.2) is 36.5 Å². The van der Waals surface area contributed by atoms with Crippen molar-refractivity contribution in [3.63, 3.8) is 0 Å². The fourth-order valence-corrected chi connectivity index (χ4v) is 2.09. The molecule has 0 aliphatic rings. The van der Waals surface area contributed by atoms with Gasteiger partial charge in [-0.15, -0.1) is 0 Å². The summed E-state index contributed by atoms with van der Waals surface area (Å²) in [5.41, 5.74) is 4.55. The van der Waals surface area contributed by atoms with Gasteiger partial charge in [0.25, 0.3) is 0 Å². The summed E-state index contributed by atoms with van der Waals surface area (Å²) in [6, 6.07) is 9.74. The number of benzene rings is 1. The summed E-state index contributed by atoms with van der Waals surface area (Å²) in [4.78, 5) is 15.4. The van der Waals surface area contributed by atoms with Gasteiger partial charge in [-0.3, -0.25) is 14.9 Å². The van der Waals surface area contributed by atoms with Crippen LogP contribution in [-0.4, -0.2) is 21.0 Å². The van der Waals surface area contributed by atoms with E-state index in [1.54, 1.807) is 12.3 Å². The van der Waals surface area contributed by atoms with E-state index in [0.717, 1.165) is 27.7 Å². The number of aromatic amines is 1. The number of ketones is 1. The maximum atomic E-state index is 11.2. The van der Waals surface area contributed by atoms with Crippen LogP contribution in [0.5, 0.6) is 0 Å². The minimum Gasteiger partial charge on any atom is -0.293 e. The van der Waals surface area contributed by atoms with Crippen LogP contribution in [0.4, 0.5) is 0 Å². The Bertz CT molecular complexity index is 757. The van der Waals surface area contributed by atoms with Crippen LogP contribution in [0.25, 0.3) is 22.0 Å². The molecule has 0 atom stereocenters. The summed E-state index contributed by atoms with van der Waals surface area (Å²) in [6.45, 7) is 3.51. The monoisotopic (exact) mass is 251 g/mol. The number of nitrogens with one attached hydrogen (secondary N) is 1. The number of aryl methyl sites for hydroxylation is 1. The first-order valence-corrected chi connectivity index (χ1v) is 6.07. The van der Waals surface area contributed by atoms with Gasteiger partial charge >= 0.3 is 0 Å². The summed E-state index contributed by atoms with van der Waals surface area (Å²) in [5.74, 6) is -0.0207. The third-order valence-electron chi connectivity index (χ3n) is 3.20. The van der Waals surface area contributed by atoms with Crippen molar-refractivity contribution >= 4 is 16.7 Å². The van der Waals surface area contributed by atoms with E-state index in [1.165, 1.54) is 6.92 Å². The van der Waals surface area contributed by atoms with Gasteiger partial charge in [-0.1, -0.05) is 12.1 Å². The summed E-state index contributed by atoms with van der Waals surface area (Å²) >= 11 is 0. The molecule has 19 heavy (non-hydrogen) atoms. The third kappa shape index (κ3) is 2.01. The second-order valence-corrected chi connectivity index (χ2v) is 4.57. The molecule has 1 N–H and O–H groups in total. The molecule has 0 radical (unpaired) electrons. The average molecular weight is 251 g/mol. The lowest BCUT2D eigenvalue weighted by Crippen LogP contribution is -1.95. The zero-order chi connectivity index (χ0) is 13.4. The van der Waals surface area contributed by atoms with Crippen molar-refractivity contribution in [1.29, 1.82) is 0 Å². The highest BCUT2D eigenvalue weighted by Crippen LogP contribution is 2.24. The Hall–Kier alpha value is -2.49. The van der Waals surface area contributed by atoms with Gasteiger partial charge in [-0.25, -0.2) is 0 Å². The number of nitrogens with zero attached hydrogens (tertiary/aromatic N) is 2. The first kappa shape index (κ1) is 11.6. The van der Waals surface area contributed by atoms with Crippen LogP contribution in [0.1, 0.15) is 23.1 Å². The lowest BCUT2D eigenvalue weighted by molar-refractivity contribution is 0.101. The molecular weight excluding hydrogens is 238 g/mol. The minimum atomic E-state index is -0.0207. The van der Waals surface area contributed by atoms with E-state index in [4.69, 9.17) is 0 Å². The van der Waals surface area contributed by atoms with E-state index in [0.29, 0.717) is 5.69 Å². The summed E-state index contributed by atoms with van der Waals surface area (Å²) in [5, 5.41) is 8.28. The number of carbonyl (C=O) groups is 1. The SMILES string of the molecule is CC(=O)c1ccc(-c2ccc3n[nH]c(C)c3c2)cn1. The van der Waals surface area contributed by atoms with E-state index in [9.17, 15) is 4.79 Å². The standard InChI is InChI=1S/C15H13N3O/c1-9-13-7-11(3-6-15(13)18-17-9)12-4-5-14(10(2)19)16-8-12/h3-8H,1-2H3,(H,17,18). The lowest BCUT2D eigenvalue weighted by atomic mass is 10.0. The molecule has 0 fully saturated rings. The Morgan fingerprint density at radius 3 is 2.63 bits per heavy atom. The molecule has 4 heteroatoms. The number of carbonyl (C=O) groups excluding carboxylic acids is 1. The topological polar surface area (TPSA) is 58.6 Å². The van der Waals surface area contributed by atoms with Crippen LogP contribution in [0, 0.1) is 6.92 Å². The smallest absolute Gasteiger partial charge is 0.178 e. The molecule has 2 aromatic heterocycles. The number of H-pyrrole nitrogens is 1. The van der Waals surface area contributed by atoms with Crippen molar-refractivity contribution in [2.75, 3.05) is 0 Å². The van der Waals surface area contributed by atoms with Crippen LogP contribution in [0.2, 0.25) is 0 Å². The van der Waals surface area contributed by atoms with E-state index < -0.39 is 0 Å². The van der Waals surface area contributed by atoms with E-state index in [-0.39, 0.29) is 5.78 Å². The number of pyridine rings is 1. The Labute approximate surface area is 110 Å². The number of Topliss-reactive ketones (excluding diaryl/α,β-unsaturated/α-hetero) is 1. The van der Waals surface area contributed by atoms with Crippen molar-refractivity contribution in [2.45, 2.75) is 13.8 Å². The van der Waals surface area contributed by atoms with Crippen LogP contribution in [-0.2, 0) is 0 Å². The zero-order valence-electron chi connectivity index (χ0n) is 10.8. The second-order valence-electron chi connectivity index (χ2n) is 4.57. The largest absolute Gasteiger partial charge is 0.293 e. The summed E-state index contributed by atoms with van der Waals surface area (Å²) in [7, 11) is 0. The maximum Gasteiger partial charge on any atom is 0.178 e. The zero-order valence-corrected chi connectivity index (χ0v) is 10.8. The Morgan fingerprint density at radius 2 is 1.95 bits per heavy atom. The molecule has 94 valence electrons. The average Bonchev–Trinajstić information content (AvgIpc) is 2.80. The van der Waals surface area contributed by atoms with E-state index >= 15 is 0 Å². The van der Waals surface area contributed by atoms with E-state index in [1.807, 2.05) is 25.1 Å². The van der Waals surface area contributed by atoms with Gasteiger partial charge in [0.15, 0.2) is 5.78 Å². The normalized spacial score (nSPS) is 10.8. The molecule has 1 aromatic carbocycles. The number of hydrogen-bond acceptors (Lipinski definition) is 3. The second kappa shape index (κ2) is 4.31. The third-order valence-corrected chi connectivity index (χ3v) is 3.20. The molecule has 0 spiro atoms. The fraction of sp³-hybridized carbons (Fsp3) is 0.133. The van der Waals surface area contributed by atoms with Gasteiger partial charge < -0.3 is 0 Å². The Kier molecular flexibility index (Phi) is 2.63. The molecule has 0 aliphatic carbocycles. The van der Waals surface area contributed by atoms with Crippen molar-refractivity contribution in [2.24, 2.45) is 0 Å². The molecule has 0 amide bonds. The van der Waals surface area contributed by atoms with Gasteiger partial charge in [0.05, 0.1) is 5.52 Å². The quantitative estimate of drug-likeness (QED) is 0.712. The summed E-state index contributed by atoms with van der Waals surface area (Å²) < 4.78 is 0. The fourth-order valence-electron chi connectivity index (χ4n) is 2.09. The highest BCUT2D eigenvalue weighted by molar-refractivity contribution is 5.92. The number of hydrogen-bond donors (Lipinski definition) is 1. The predicted molar refractivity (Wildman–Crippen MR) is 74.1 cm³/mol. The highest BCUT2D eigenvalue weighted by atomic mass is 16.1. The lowest BCUT2D eigenvalue weighted by Gasteiger charge is -2.02. The van der Waals surface area contributed by atoms with Crippen molar-refractivity contribution in [1.82, 2.24) is 15.2 Å². The summed E-state index contributed by atoms with van der Waals surface area (Å²) in [6.07, 6.45) is 1.73. The maximum absolute atomic E-state index is 11.2. The van der Waals surface area contributed by atoms with Crippen LogP contribution < -0.4 is 0 Å². The molecule has 2 heterocycles. The van der Waals surface area contributed by atoms with Gasteiger partial charge in [0, 0.05) is 29.8 Å². The van der Waals surface area contributed by atoms with Crippen molar-refractivity contribution in [3.8, 4) is 11.1 Å². The van der Waals surface area contributed by atoms with Crippen molar-refractivity contribution < 1.29 is 4.79 Å². The van der Waals surface area contributed by atoms with Gasteiger partial charge in [-0.2, -0.15) is 5.10 Å². The molecule has 0 saturated heterocycles. The van der Waals surface area contributed by atoms with Gasteiger partial charge in [-0.05, 0) is 30.7 Å². The molecule has 0 unspecified atom stereocenters. The van der Waals surface area contributed by atoms with Crippen LogP contribution in [0.3, 0.4) is 0 Å². The van der Waals surface area contributed by atoms with Crippen LogP contribution >= 0.6 is 0 Å². The number of aromatic nitrogens is 3. The van der Waals surface area contributed by atoms with E-state index in [2.05, 4.69) is 21.2 Å². The molecule has 4 nitrogen and oxygen atoms in total. The van der Waals surface area contributed by atoms with Crippen molar-refractivity contribution in [3.05, 3.63) is 47.9 Å². The molecule has 0 saturated carbocycles. The van der Waals surface area contributed by atoms with Gasteiger partial charge in [0.2, 0.25) is 0 Å². The molecule has 3 aromatic rings. The first-order valence-electron chi connectivity index (χ1n) is 6.07. The predicted octanol–water partition coefficient (Wildman–Crippen LogP) is 3.14.